The van der Waals surface area contributed by atoms with E-state index in [0.29, 0.717) is 10.8 Å². The van der Waals surface area contributed by atoms with Crippen LogP contribution in [0.1, 0.15) is 12.1 Å². The van der Waals surface area contributed by atoms with Crippen molar-refractivity contribution in [2.24, 2.45) is 5.16 Å². The summed E-state index contributed by atoms with van der Waals surface area (Å²) < 4.78 is 45.4. The second kappa shape index (κ2) is 7.92. The molecule has 142 valence electrons. The van der Waals surface area contributed by atoms with E-state index < -0.39 is 22.1 Å². The molecule has 0 saturated carbocycles. The summed E-state index contributed by atoms with van der Waals surface area (Å²) in [5.74, 6) is -0.186. The summed E-state index contributed by atoms with van der Waals surface area (Å²) in [5, 5.41) is 23.1. The van der Waals surface area contributed by atoms with Gasteiger partial charge in [0.05, 0.1) is 11.1 Å². The molecule has 1 aromatic heterocycles. The predicted molar refractivity (Wildman–Crippen MR) is 91.9 cm³/mol. The smallest absolute Gasteiger partial charge is 0.277 e. The van der Waals surface area contributed by atoms with Crippen LogP contribution in [0.4, 0.5) is 4.39 Å². The summed E-state index contributed by atoms with van der Waals surface area (Å²) >= 11 is 6.97. The summed E-state index contributed by atoms with van der Waals surface area (Å²) in [6.07, 6.45) is 2.92. The normalized spacial score (nSPS) is 25.7. The van der Waals surface area contributed by atoms with Crippen LogP contribution in [-0.2, 0) is 10.2 Å². The first-order chi connectivity index (χ1) is 12.4. The quantitative estimate of drug-likeness (QED) is 0.175. The molecule has 0 amide bonds. The van der Waals surface area contributed by atoms with Crippen molar-refractivity contribution in [3.05, 3.63) is 28.7 Å². The van der Waals surface area contributed by atoms with E-state index >= 15 is 0 Å². The minimum atomic E-state index is -3.45. The predicted octanol–water partition coefficient (Wildman–Crippen LogP) is 0.442. The van der Waals surface area contributed by atoms with Gasteiger partial charge in [-0.1, -0.05) is 34.6 Å². The van der Waals surface area contributed by atoms with E-state index in [1.54, 1.807) is 0 Å². The minimum Gasteiger partial charge on any atom is -0.409 e. The van der Waals surface area contributed by atoms with E-state index in [1.165, 1.54) is 23.9 Å². The monoisotopic (exact) mass is 424 g/mol. The van der Waals surface area contributed by atoms with Crippen LogP contribution in [0, 0.1) is 0 Å². The summed E-state index contributed by atoms with van der Waals surface area (Å²) in [6, 6.07) is -0.737. The molecule has 2 heterocycles. The highest BCUT2D eigenvalue weighted by Crippen LogP contribution is 2.25. The van der Waals surface area contributed by atoms with E-state index in [9.17, 15) is 18.0 Å². The van der Waals surface area contributed by atoms with Gasteiger partial charge >= 0.3 is 0 Å². The third kappa shape index (κ3) is 4.54. The third-order valence-electron chi connectivity index (χ3n) is 3.50. The topological polar surface area (TPSA) is 142 Å². The average Bonchev–Trinajstić information content (AvgIpc) is 3.20. The van der Waals surface area contributed by atoms with Crippen molar-refractivity contribution in [1.82, 2.24) is 25.1 Å². The molecule has 0 spiro atoms. The van der Waals surface area contributed by atoms with E-state index in [0.717, 1.165) is 0 Å². The van der Waals surface area contributed by atoms with Crippen molar-refractivity contribution in [3.8, 4) is 0 Å². The van der Waals surface area contributed by atoms with Crippen molar-refractivity contribution in [1.29, 1.82) is 0 Å². The number of rotatable bonds is 5. The van der Waals surface area contributed by atoms with Crippen LogP contribution in [0.2, 0.25) is 0 Å². The first-order valence-electron chi connectivity index (χ1n) is 7.31. The van der Waals surface area contributed by atoms with Crippen LogP contribution in [0.5, 0.6) is 0 Å². The van der Waals surface area contributed by atoms with Crippen LogP contribution < -0.4 is 14.8 Å². The van der Waals surface area contributed by atoms with Gasteiger partial charge in [-0.2, -0.15) is 13.1 Å². The first kappa shape index (κ1) is 19.1. The zero-order chi connectivity index (χ0) is 18.7. The first-order valence-corrected chi connectivity index (χ1v) is 10.2. The van der Waals surface area contributed by atoms with E-state index in [4.69, 9.17) is 16.2 Å². The highest BCUT2D eigenvalue weighted by atomic mass is 35.5. The zero-order valence-electron chi connectivity index (χ0n) is 13.0. The summed E-state index contributed by atoms with van der Waals surface area (Å²) in [4.78, 5) is 0. The van der Waals surface area contributed by atoms with Gasteiger partial charge < -0.3 is 10.5 Å². The molecular weight excluding hydrogens is 411 g/mol. The van der Waals surface area contributed by atoms with Crippen molar-refractivity contribution < 1.29 is 22.6 Å². The van der Waals surface area contributed by atoms with Crippen molar-refractivity contribution in [2.75, 3.05) is 12.3 Å². The molecule has 4 N–H and O–H groups in total. The van der Waals surface area contributed by atoms with Crippen molar-refractivity contribution in [2.45, 2.75) is 23.5 Å². The van der Waals surface area contributed by atoms with Gasteiger partial charge in [0.1, 0.15) is 5.83 Å². The molecule has 14 heteroatoms. The Bertz CT molecular complexity index is 871. The maximum atomic E-state index is 13.3. The SMILES string of the molecule is O=S1(=O)NC[C@H](CSc2nonc2/C(=N/O)NC2C=CC(F)=C(Cl)C2)N1. The number of aromatic nitrogens is 2. The molecule has 1 aromatic rings. The largest absolute Gasteiger partial charge is 0.409 e. The Morgan fingerprint density at radius 2 is 2.38 bits per heavy atom. The maximum Gasteiger partial charge on any atom is 0.277 e. The van der Waals surface area contributed by atoms with Gasteiger partial charge in [0, 0.05) is 24.8 Å². The summed E-state index contributed by atoms with van der Waals surface area (Å²) in [7, 11) is -3.45. The number of allylic oxidation sites excluding steroid dienone is 2. The molecular formula is C12H14ClFN6O4S2. The second-order valence-corrected chi connectivity index (χ2v) is 8.41. The van der Waals surface area contributed by atoms with Gasteiger partial charge in [-0.3, -0.25) is 0 Å². The maximum absolute atomic E-state index is 13.3. The minimum absolute atomic E-state index is 0.0275. The van der Waals surface area contributed by atoms with Gasteiger partial charge in [0.25, 0.3) is 10.2 Å². The summed E-state index contributed by atoms with van der Waals surface area (Å²) in [6.45, 7) is 0.248. The number of hydrogen-bond donors (Lipinski definition) is 4. The number of hydrogen-bond acceptors (Lipinski definition) is 8. The lowest BCUT2D eigenvalue weighted by atomic mass is 10.1. The van der Waals surface area contributed by atoms with Crippen LogP contribution >= 0.6 is 23.4 Å². The Hall–Kier alpha value is -1.67. The van der Waals surface area contributed by atoms with Gasteiger partial charge in [-0.15, -0.1) is 0 Å². The molecule has 2 aliphatic rings. The molecule has 3 rings (SSSR count). The molecule has 0 aromatic carbocycles. The lowest BCUT2D eigenvalue weighted by molar-refractivity contribution is 0.296. The van der Waals surface area contributed by atoms with Crippen LogP contribution in [-0.4, -0.2) is 54.2 Å². The fraction of sp³-hybridized carbons (Fsp3) is 0.417. The highest BCUT2D eigenvalue weighted by molar-refractivity contribution is 7.99. The molecule has 1 aliphatic carbocycles. The number of nitrogens with one attached hydrogen (secondary N) is 3. The molecule has 10 nitrogen and oxygen atoms in total. The van der Waals surface area contributed by atoms with Gasteiger partial charge in [-0.25, -0.2) is 13.7 Å². The fourth-order valence-corrected chi connectivity index (χ4v) is 4.64. The molecule has 2 atom stereocenters. The van der Waals surface area contributed by atoms with Gasteiger partial charge in [0.15, 0.2) is 16.6 Å². The number of oxime groups is 1. The van der Waals surface area contributed by atoms with Crippen molar-refractivity contribution >= 4 is 39.4 Å². The van der Waals surface area contributed by atoms with Crippen LogP contribution in [0.15, 0.2) is 37.8 Å². The number of halogens is 2. The lowest BCUT2D eigenvalue weighted by Gasteiger charge is -2.18. The van der Waals surface area contributed by atoms with Gasteiger partial charge in [0.2, 0.25) is 0 Å². The second-order valence-electron chi connectivity index (χ2n) is 5.41. The summed E-state index contributed by atoms with van der Waals surface area (Å²) in [5.41, 5.74) is 0.144. The molecule has 0 bridgehead atoms. The van der Waals surface area contributed by atoms with E-state index in [2.05, 4.69) is 30.2 Å². The third-order valence-corrected chi connectivity index (χ3v) is 6.14. The highest BCUT2D eigenvalue weighted by Gasteiger charge is 2.28. The van der Waals surface area contributed by atoms with Crippen LogP contribution in [0.25, 0.3) is 0 Å². The molecule has 1 saturated heterocycles. The molecule has 1 fully saturated rings. The Balaban J connectivity index is 1.64. The fourth-order valence-electron chi connectivity index (χ4n) is 2.27. The Morgan fingerprint density at radius 1 is 1.58 bits per heavy atom. The average molecular weight is 425 g/mol. The number of amidine groups is 1. The van der Waals surface area contributed by atoms with E-state index in [1.807, 2.05) is 0 Å². The number of thioether (sulfide) groups is 1. The molecule has 0 radical (unpaired) electrons. The Labute approximate surface area is 157 Å². The van der Waals surface area contributed by atoms with Crippen LogP contribution in [0.3, 0.4) is 0 Å². The zero-order valence-corrected chi connectivity index (χ0v) is 15.4. The lowest BCUT2D eigenvalue weighted by Crippen LogP contribution is -2.35. The molecule has 1 unspecified atom stereocenters. The van der Waals surface area contributed by atoms with Gasteiger partial charge in [-0.05, 0) is 16.4 Å². The number of nitrogens with zero attached hydrogens (tertiary/aromatic N) is 3. The molecule has 26 heavy (non-hydrogen) atoms. The standard InChI is InChI=1S/C12H14ClFN6O4S2/c13-8-3-6(1-2-9(8)14)16-11(17-21)10-12(19-24-18-10)25-5-7-4-15-26(22,23)20-7/h1-2,6-7,15,20-21H,3-5H2,(H,16,17)/t6?,7-/m1/s1. The molecule has 1 aliphatic heterocycles. The Morgan fingerprint density at radius 3 is 3.04 bits per heavy atom. The van der Waals surface area contributed by atoms with Crippen molar-refractivity contribution in [3.63, 3.8) is 0 Å². The van der Waals surface area contributed by atoms with E-state index in [-0.39, 0.29) is 35.6 Å². The Kier molecular flexibility index (Phi) is 5.82.